The Morgan fingerprint density at radius 3 is 1.22 bits per heavy atom. The lowest BCUT2D eigenvalue weighted by Crippen LogP contribution is -2.63. The summed E-state index contributed by atoms with van der Waals surface area (Å²) in [6, 6.07) is -6.95. The van der Waals surface area contributed by atoms with Gasteiger partial charge in [0.25, 0.3) is 11.8 Å². The molecule has 8 aliphatic rings. The number of ketones is 2. The topological polar surface area (TPSA) is 314 Å². The normalized spacial score (nSPS) is 26.2. The number of carbonyl (C=O) groups excluding carboxylic acids is 11. The van der Waals surface area contributed by atoms with Gasteiger partial charge in [-0.15, -0.1) is 12.4 Å². The first-order valence-corrected chi connectivity index (χ1v) is 33.7. The molecule has 90 heavy (non-hydrogen) atoms. The third-order valence-corrected chi connectivity index (χ3v) is 20.5. The molecular weight excluding hydrogens is 1170 g/mol. The number of nitrogens with two attached hydrogens (primary N) is 1. The van der Waals surface area contributed by atoms with Crippen molar-refractivity contribution in [1.29, 1.82) is 0 Å². The van der Waals surface area contributed by atoms with Crippen LogP contribution in [0, 0.1) is 57.2 Å². The number of hydrogen-bond acceptors (Lipinski definition) is 13. The molecule has 0 aromatic heterocycles. The van der Waals surface area contributed by atoms with E-state index in [0.29, 0.717) is 38.8 Å². The van der Waals surface area contributed by atoms with E-state index in [4.69, 9.17) is 10.5 Å². The van der Waals surface area contributed by atoms with Crippen LogP contribution in [-0.4, -0.2) is 154 Å². The van der Waals surface area contributed by atoms with Crippen LogP contribution in [0.25, 0.3) is 0 Å². The molecule has 6 saturated carbocycles. The van der Waals surface area contributed by atoms with Crippen molar-refractivity contribution in [1.82, 2.24) is 47.0 Å². The standard InChI is InChI=1S/C36H59N5O7.C31H51N5O5.ClH/c1-10-14-23(27(42)31(45)37-21-17-18-21)38-30(44)26-24-22(36(24,8)9)19-41(26)32(46)28(34(2,3)4)40-29(43)25(20-15-12-11-13-16-20)39-33(47)48-35(5,6)7;1-7-11-20(24(37)28(40)33-18-14-15-18)34-27(39)23-21-19(31(21,5)6)16-36(23)29(41)25(30(2,3)4)35-26(38)22(32)17-12-9-8-10-13-17;/h20-26,28H,10-19H2,1-9H3,(H,37,45)(H,38,44)(H,39,47)(H,40,43);17-23,25H,7-16,32H2,1-6H3,(H,33,40)(H,34,39)(H,35,38);1H/t22-,23-,24-,25-,26-,28+;19-,20-,21-,22-,23-,25+;/m00./s1. The van der Waals surface area contributed by atoms with Crippen LogP contribution in [0.3, 0.4) is 0 Å². The van der Waals surface area contributed by atoms with Crippen molar-refractivity contribution in [3.8, 4) is 0 Å². The molecule has 0 aromatic rings. The predicted molar refractivity (Wildman–Crippen MR) is 343 cm³/mol. The van der Waals surface area contributed by atoms with E-state index >= 15 is 0 Å². The van der Waals surface area contributed by atoms with Gasteiger partial charge in [0.2, 0.25) is 47.0 Å². The third kappa shape index (κ3) is 17.8. The van der Waals surface area contributed by atoms with Crippen molar-refractivity contribution in [2.75, 3.05) is 13.1 Å². The van der Waals surface area contributed by atoms with Gasteiger partial charge >= 0.3 is 6.09 Å². The van der Waals surface area contributed by atoms with Gasteiger partial charge in [-0.05, 0) is 142 Å². The lowest BCUT2D eigenvalue weighted by Gasteiger charge is -2.39. The number of rotatable bonds is 23. The van der Waals surface area contributed by atoms with Gasteiger partial charge in [0, 0.05) is 25.2 Å². The van der Waals surface area contributed by atoms with Crippen molar-refractivity contribution in [2.45, 2.75) is 285 Å². The first-order chi connectivity index (χ1) is 41.4. The Labute approximate surface area is 541 Å². The number of halogens is 1. The zero-order valence-corrected chi connectivity index (χ0v) is 57.5. The zero-order chi connectivity index (χ0) is 66.0. The maximum Gasteiger partial charge on any atom is 0.408 e. The van der Waals surface area contributed by atoms with Crippen LogP contribution >= 0.6 is 12.4 Å². The van der Waals surface area contributed by atoms with Gasteiger partial charge in [-0.2, -0.15) is 0 Å². The van der Waals surface area contributed by atoms with E-state index in [9.17, 15) is 52.7 Å². The number of Topliss-reactive ketones (excluding diaryl/α,β-unsaturated/α-hetero) is 2. The van der Waals surface area contributed by atoms with Gasteiger partial charge in [0.05, 0.1) is 18.1 Å². The van der Waals surface area contributed by atoms with E-state index in [1.54, 1.807) is 30.6 Å². The van der Waals surface area contributed by atoms with Gasteiger partial charge in [-0.25, -0.2) is 4.79 Å². The summed E-state index contributed by atoms with van der Waals surface area (Å²) in [6.07, 6.45) is 14.1. The number of fused-ring (bicyclic) bond motifs is 2. The number of amides is 9. The molecule has 23 heteroatoms. The Morgan fingerprint density at radius 1 is 0.511 bits per heavy atom. The van der Waals surface area contributed by atoms with Crippen LogP contribution in [0.4, 0.5) is 4.79 Å². The number of alkyl carbamates (subject to hydrolysis) is 1. The number of piperidine rings is 2. The highest BCUT2D eigenvalue weighted by Crippen LogP contribution is 2.66. The molecule has 12 atom stereocenters. The van der Waals surface area contributed by atoms with Gasteiger partial charge in [0.1, 0.15) is 35.8 Å². The fraction of sp³-hybridized carbons (Fsp3) is 0.836. The molecule has 6 aliphatic carbocycles. The van der Waals surface area contributed by atoms with Crippen LogP contribution in [0.5, 0.6) is 0 Å². The summed E-state index contributed by atoms with van der Waals surface area (Å²) >= 11 is 0. The highest BCUT2D eigenvalue weighted by atomic mass is 35.5. The van der Waals surface area contributed by atoms with E-state index < -0.39 is 112 Å². The monoisotopic (exact) mass is 1280 g/mol. The maximum atomic E-state index is 14.5. The van der Waals surface area contributed by atoms with Crippen molar-refractivity contribution < 1.29 is 57.5 Å². The molecule has 0 bridgehead atoms. The third-order valence-electron chi connectivity index (χ3n) is 20.5. The number of carbonyl (C=O) groups is 11. The maximum absolute atomic E-state index is 14.5. The molecule has 508 valence electrons. The van der Waals surface area contributed by atoms with Crippen molar-refractivity contribution in [3.05, 3.63) is 0 Å². The number of likely N-dealkylation sites (tertiary alicyclic amines) is 2. The molecular formula is C67H111ClN10O12. The van der Waals surface area contributed by atoms with E-state index in [1.807, 2.05) is 55.4 Å². The van der Waals surface area contributed by atoms with Gasteiger partial charge in [-0.3, -0.25) is 47.9 Å². The summed E-state index contributed by atoms with van der Waals surface area (Å²) in [5, 5.41) is 19.9. The minimum Gasteiger partial charge on any atom is -0.444 e. The van der Waals surface area contributed by atoms with Crippen LogP contribution in [0.15, 0.2) is 0 Å². The minimum atomic E-state index is -0.996. The lowest BCUT2D eigenvalue weighted by molar-refractivity contribution is -0.147. The number of nitrogens with one attached hydrogen (secondary N) is 7. The molecule has 8 fully saturated rings. The summed E-state index contributed by atoms with van der Waals surface area (Å²) < 4.78 is 5.49. The number of nitrogens with zero attached hydrogens (tertiary/aromatic N) is 2. The average molecular weight is 1280 g/mol. The Kier molecular flexibility index (Phi) is 24.0. The fourth-order valence-corrected chi connectivity index (χ4v) is 14.6. The molecule has 0 aromatic carbocycles. The molecule has 8 rings (SSSR count). The van der Waals surface area contributed by atoms with Crippen molar-refractivity contribution in [2.24, 2.45) is 62.9 Å². The average Bonchev–Trinajstić information content (AvgIpc) is 1.54. The molecule has 2 saturated heterocycles. The minimum absolute atomic E-state index is 0. The molecule has 22 nitrogen and oxygen atoms in total. The van der Waals surface area contributed by atoms with Crippen molar-refractivity contribution >= 4 is 77.3 Å². The summed E-state index contributed by atoms with van der Waals surface area (Å²) in [4.78, 5) is 151. The molecule has 2 heterocycles. The molecule has 2 aliphatic heterocycles. The smallest absolute Gasteiger partial charge is 0.408 e. The van der Waals surface area contributed by atoms with E-state index in [0.717, 1.165) is 89.9 Å². The second-order valence-corrected chi connectivity index (χ2v) is 31.8. The Balaban J connectivity index is 0.000000287. The van der Waals surface area contributed by atoms with Crippen LogP contribution in [0.1, 0.15) is 219 Å². The van der Waals surface area contributed by atoms with E-state index in [1.165, 1.54) is 0 Å². The fourth-order valence-electron chi connectivity index (χ4n) is 14.6. The molecule has 9 amide bonds. The first kappa shape index (κ1) is 73.7. The largest absolute Gasteiger partial charge is 0.444 e. The molecule has 9 N–H and O–H groups in total. The van der Waals surface area contributed by atoms with E-state index in [2.05, 4.69) is 64.9 Å². The van der Waals surface area contributed by atoms with Crippen molar-refractivity contribution in [3.63, 3.8) is 0 Å². The summed E-state index contributed by atoms with van der Waals surface area (Å²) in [5.41, 5.74) is 3.97. The zero-order valence-electron chi connectivity index (χ0n) is 56.7. The molecule has 0 unspecified atom stereocenters. The van der Waals surface area contributed by atoms with E-state index in [-0.39, 0.29) is 88.5 Å². The second kappa shape index (κ2) is 29.3. The van der Waals surface area contributed by atoms with Gasteiger partial charge in [-0.1, -0.05) is 134 Å². The van der Waals surface area contributed by atoms with Crippen LogP contribution in [0.2, 0.25) is 0 Å². The lowest BCUT2D eigenvalue weighted by atomic mass is 9.82. The van der Waals surface area contributed by atoms with Gasteiger partial charge in [0.15, 0.2) is 0 Å². The molecule has 0 radical (unpaired) electrons. The Morgan fingerprint density at radius 2 is 0.878 bits per heavy atom. The predicted octanol–water partition coefficient (Wildman–Crippen LogP) is 6.07. The summed E-state index contributed by atoms with van der Waals surface area (Å²) in [5.74, 6) is -5.01. The highest BCUT2D eigenvalue weighted by Gasteiger charge is 2.71. The first-order valence-electron chi connectivity index (χ1n) is 33.7. The number of ether oxygens (including phenoxy) is 1. The van der Waals surface area contributed by atoms with Gasteiger partial charge < -0.3 is 57.5 Å². The summed E-state index contributed by atoms with van der Waals surface area (Å²) in [7, 11) is 0. The second-order valence-electron chi connectivity index (χ2n) is 31.8. The summed E-state index contributed by atoms with van der Waals surface area (Å²) in [6.45, 7) is 29.4. The Hall–Kier alpha value is -5.38. The SMILES string of the molecule is CCC[C@H](NC(=O)[C@@H]1[C@@H]2[C@H](CN1C(=O)[C@@H](NC(=O)[C@@H](N)C1CCCCC1)C(C)(C)C)C2(C)C)C(=O)C(=O)NC1CC1.CCC[C@H](NC(=O)[C@@H]1[C@@H]2[C@H](CN1C(=O)[C@@H](NC(=O)[C@@H](NC(=O)OC(C)(C)C)C1CCCCC1)C(C)(C)C)C2(C)C)C(=O)C(=O)NC1CC1.Cl. The Bertz CT molecular complexity index is 2660. The molecule has 0 spiro atoms. The highest BCUT2D eigenvalue weighted by molar-refractivity contribution is 6.39. The van der Waals surface area contributed by atoms with Crippen LogP contribution in [-0.2, 0) is 52.7 Å². The van der Waals surface area contributed by atoms with Crippen LogP contribution < -0.4 is 43.0 Å². The number of hydrogen-bond donors (Lipinski definition) is 8. The quantitative estimate of drug-likeness (QED) is 0.0540.